The van der Waals surface area contributed by atoms with Crippen LogP contribution < -0.4 is 15.5 Å². The Morgan fingerprint density at radius 3 is 2.58 bits per heavy atom. The number of hydrogen-bond donors (Lipinski definition) is 2. The van der Waals surface area contributed by atoms with Crippen LogP contribution in [-0.2, 0) is 6.54 Å². The minimum absolute atomic E-state index is 0.102. The second-order valence-electron chi connectivity index (χ2n) is 7.27. The molecule has 1 aromatic carbocycles. The SMILES string of the molecule is O=C(Nc1ccc(C(=O)N2Cc3cccnc3Nc3ccccc32)cn1)c1cccnc1Cl. The third-order valence-corrected chi connectivity index (χ3v) is 5.47. The number of anilines is 4. The van der Waals surface area contributed by atoms with Crippen LogP contribution >= 0.6 is 11.6 Å². The minimum Gasteiger partial charge on any atom is -0.338 e. The van der Waals surface area contributed by atoms with E-state index >= 15 is 0 Å². The zero-order valence-electron chi connectivity index (χ0n) is 17.2. The molecular formula is C24H17ClN6O2. The monoisotopic (exact) mass is 456 g/mol. The van der Waals surface area contributed by atoms with Gasteiger partial charge < -0.3 is 15.5 Å². The zero-order chi connectivity index (χ0) is 22.8. The summed E-state index contributed by atoms with van der Waals surface area (Å²) in [5, 5.41) is 6.07. The van der Waals surface area contributed by atoms with Crippen LogP contribution in [0.3, 0.4) is 0 Å². The first-order valence-electron chi connectivity index (χ1n) is 10.1. The number of aromatic nitrogens is 3. The molecule has 0 spiro atoms. The van der Waals surface area contributed by atoms with Gasteiger partial charge >= 0.3 is 0 Å². The smallest absolute Gasteiger partial charge is 0.260 e. The summed E-state index contributed by atoms with van der Waals surface area (Å²) in [5.41, 5.74) is 3.04. The lowest BCUT2D eigenvalue weighted by Crippen LogP contribution is -2.30. The fourth-order valence-corrected chi connectivity index (χ4v) is 3.75. The summed E-state index contributed by atoms with van der Waals surface area (Å²) in [7, 11) is 0. The van der Waals surface area contributed by atoms with Crippen molar-refractivity contribution in [1.82, 2.24) is 15.0 Å². The fraction of sp³-hybridized carbons (Fsp3) is 0.0417. The lowest BCUT2D eigenvalue weighted by molar-refractivity contribution is 0.0984. The van der Waals surface area contributed by atoms with Crippen LogP contribution in [0.2, 0.25) is 5.15 Å². The van der Waals surface area contributed by atoms with Crippen LogP contribution in [0.15, 0.2) is 79.3 Å². The first-order valence-corrected chi connectivity index (χ1v) is 10.5. The molecule has 162 valence electrons. The van der Waals surface area contributed by atoms with E-state index in [0.717, 1.165) is 16.9 Å². The third-order valence-electron chi connectivity index (χ3n) is 5.17. The van der Waals surface area contributed by atoms with Gasteiger partial charge in [-0.1, -0.05) is 29.8 Å². The largest absolute Gasteiger partial charge is 0.338 e. The number of rotatable bonds is 3. The standard InChI is InChI=1S/C24H17ClN6O2/c25-21-17(6-4-11-26-21)23(32)30-20-10-9-15(13-28-20)24(33)31-14-16-5-3-12-27-22(16)29-18-7-1-2-8-19(18)31/h1-13H,14H2,(H,27,29)(H,28,30,32). The van der Waals surface area contributed by atoms with Gasteiger partial charge in [0.2, 0.25) is 0 Å². The Balaban J connectivity index is 1.40. The predicted molar refractivity (Wildman–Crippen MR) is 126 cm³/mol. The quantitative estimate of drug-likeness (QED) is 0.434. The Morgan fingerprint density at radius 2 is 1.76 bits per heavy atom. The first kappa shape index (κ1) is 20.6. The summed E-state index contributed by atoms with van der Waals surface area (Å²) in [5.74, 6) is 0.354. The lowest BCUT2D eigenvalue weighted by atomic mass is 10.1. The Labute approximate surface area is 194 Å². The summed E-state index contributed by atoms with van der Waals surface area (Å²) in [6.45, 7) is 0.351. The van der Waals surface area contributed by atoms with Crippen LogP contribution in [0.5, 0.6) is 0 Å². The van der Waals surface area contributed by atoms with Crippen LogP contribution in [-0.4, -0.2) is 26.8 Å². The number of amides is 2. The lowest BCUT2D eigenvalue weighted by Gasteiger charge is -2.22. The highest BCUT2D eigenvalue weighted by molar-refractivity contribution is 6.33. The number of halogens is 1. The Kier molecular flexibility index (Phi) is 5.42. The Bertz CT molecular complexity index is 1360. The van der Waals surface area contributed by atoms with Crippen molar-refractivity contribution in [3.8, 4) is 0 Å². The molecule has 0 unspecified atom stereocenters. The minimum atomic E-state index is -0.434. The molecule has 0 aliphatic carbocycles. The number of carbonyl (C=O) groups is 2. The van der Waals surface area contributed by atoms with E-state index in [-0.39, 0.29) is 16.6 Å². The summed E-state index contributed by atoms with van der Waals surface area (Å²) < 4.78 is 0. The van der Waals surface area contributed by atoms with Crippen molar-refractivity contribution < 1.29 is 9.59 Å². The van der Waals surface area contributed by atoms with Crippen LogP contribution in [0.1, 0.15) is 26.3 Å². The van der Waals surface area contributed by atoms with Gasteiger partial charge in [0.15, 0.2) is 0 Å². The number of carbonyl (C=O) groups excluding carboxylic acids is 2. The van der Waals surface area contributed by atoms with Crippen molar-refractivity contribution in [2.75, 3.05) is 15.5 Å². The molecule has 0 bridgehead atoms. The number of nitrogens with one attached hydrogen (secondary N) is 2. The predicted octanol–water partition coefficient (Wildman–Crippen LogP) is 4.68. The number of hydrogen-bond acceptors (Lipinski definition) is 6. The average Bonchev–Trinajstić information content (AvgIpc) is 3.01. The van der Waals surface area contributed by atoms with E-state index in [2.05, 4.69) is 25.6 Å². The van der Waals surface area contributed by atoms with Gasteiger partial charge in [-0.15, -0.1) is 0 Å². The molecule has 5 rings (SSSR count). The van der Waals surface area contributed by atoms with Gasteiger partial charge in [0.25, 0.3) is 11.8 Å². The van der Waals surface area contributed by atoms with Gasteiger partial charge in [0.05, 0.1) is 29.0 Å². The molecule has 4 aromatic rings. The molecule has 0 saturated carbocycles. The van der Waals surface area contributed by atoms with E-state index in [9.17, 15) is 9.59 Å². The molecule has 0 saturated heterocycles. The molecule has 33 heavy (non-hydrogen) atoms. The van der Waals surface area contributed by atoms with Gasteiger partial charge in [-0.25, -0.2) is 15.0 Å². The molecule has 4 heterocycles. The topological polar surface area (TPSA) is 100 Å². The van der Waals surface area contributed by atoms with Crippen LogP contribution in [0.25, 0.3) is 0 Å². The highest BCUT2D eigenvalue weighted by atomic mass is 35.5. The summed E-state index contributed by atoms with van der Waals surface area (Å²) in [6.07, 6.45) is 4.65. The fourth-order valence-electron chi connectivity index (χ4n) is 3.55. The van der Waals surface area contributed by atoms with E-state index in [1.807, 2.05) is 36.4 Å². The highest BCUT2D eigenvalue weighted by Gasteiger charge is 2.25. The number of fused-ring (bicyclic) bond motifs is 2. The summed E-state index contributed by atoms with van der Waals surface area (Å²) in [6, 6.07) is 17.7. The van der Waals surface area contributed by atoms with Crippen molar-refractivity contribution in [3.05, 3.63) is 101 Å². The van der Waals surface area contributed by atoms with Crippen molar-refractivity contribution >= 4 is 46.4 Å². The number of para-hydroxylation sites is 2. The number of nitrogens with zero attached hydrogens (tertiary/aromatic N) is 4. The molecular weight excluding hydrogens is 440 g/mol. The van der Waals surface area contributed by atoms with E-state index in [1.54, 1.807) is 35.4 Å². The second kappa shape index (κ2) is 8.68. The molecule has 1 aliphatic heterocycles. The molecule has 2 N–H and O–H groups in total. The van der Waals surface area contributed by atoms with Crippen molar-refractivity contribution in [2.24, 2.45) is 0 Å². The van der Waals surface area contributed by atoms with Gasteiger partial charge in [-0.05, 0) is 42.5 Å². The second-order valence-corrected chi connectivity index (χ2v) is 7.63. The molecule has 3 aromatic heterocycles. The maximum absolute atomic E-state index is 13.4. The van der Waals surface area contributed by atoms with E-state index in [4.69, 9.17) is 11.6 Å². The zero-order valence-corrected chi connectivity index (χ0v) is 18.0. The van der Waals surface area contributed by atoms with E-state index < -0.39 is 5.91 Å². The summed E-state index contributed by atoms with van der Waals surface area (Å²) in [4.78, 5) is 40.1. The van der Waals surface area contributed by atoms with Gasteiger partial charge in [0.1, 0.15) is 16.8 Å². The maximum Gasteiger partial charge on any atom is 0.260 e. The summed E-state index contributed by atoms with van der Waals surface area (Å²) >= 11 is 5.98. The maximum atomic E-state index is 13.4. The molecule has 1 aliphatic rings. The molecule has 9 heteroatoms. The van der Waals surface area contributed by atoms with Gasteiger partial charge in [0, 0.05) is 24.2 Å². The molecule has 0 radical (unpaired) electrons. The normalized spacial score (nSPS) is 12.1. The van der Waals surface area contributed by atoms with Gasteiger partial charge in [-0.3, -0.25) is 9.59 Å². The number of pyridine rings is 3. The molecule has 0 atom stereocenters. The highest BCUT2D eigenvalue weighted by Crippen LogP contribution is 2.35. The Hall–Kier alpha value is -4.30. The van der Waals surface area contributed by atoms with Crippen molar-refractivity contribution in [3.63, 3.8) is 0 Å². The van der Waals surface area contributed by atoms with Crippen LogP contribution in [0, 0.1) is 0 Å². The Morgan fingerprint density at radius 1 is 0.939 bits per heavy atom. The number of benzene rings is 1. The first-order chi connectivity index (χ1) is 16.1. The van der Waals surface area contributed by atoms with Gasteiger partial charge in [-0.2, -0.15) is 0 Å². The molecule has 8 nitrogen and oxygen atoms in total. The van der Waals surface area contributed by atoms with Crippen LogP contribution in [0.4, 0.5) is 23.0 Å². The molecule has 2 amide bonds. The van der Waals surface area contributed by atoms with E-state index in [0.29, 0.717) is 23.7 Å². The third kappa shape index (κ3) is 4.11. The average molecular weight is 457 g/mol. The molecule has 0 fully saturated rings. The van der Waals surface area contributed by atoms with Crippen molar-refractivity contribution in [2.45, 2.75) is 6.54 Å². The van der Waals surface area contributed by atoms with E-state index in [1.165, 1.54) is 12.4 Å². The van der Waals surface area contributed by atoms with Crippen molar-refractivity contribution in [1.29, 1.82) is 0 Å².